The molecule has 0 bridgehead atoms. The van der Waals surface area contributed by atoms with E-state index in [1.54, 1.807) is 12.3 Å². The highest BCUT2D eigenvalue weighted by atomic mass is 16.5. The molecule has 1 aliphatic rings. The first-order chi connectivity index (χ1) is 11.7. The van der Waals surface area contributed by atoms with Crippen LogP contribution < -0.4 is 0 Å². The fourth-order valence-electron chi connectivity index (χ4n) is 3.07. The second-order valence-corrected chi connectivity index (χ2v) is 6.34. The molecule has 0 unspecified atom stereocenters. The SMILES string of the molecule is CCCc1noc([C@@H](C)N2CCN(C[C@H](O)c3ccco3)CC2)n1. The van der Waals surface area contributed by atoms with Gasteiger partial charge in [0.05, 0.1) is 12.3 Å². The van der Waals surface area contributed by atoms with Gasteiger partial charge in [0, 0.05) is 39.1 Å². The van der Waals surface area contributed by atoms with E-state index >= 15 is 0 Å². The first-order valence-electron chi connectivity index (χ1n) is 8.67. The minimum atomic E-state index is -0.573. The maximum absolute atomic E-state index is 10.2. The maximum atomic E-state index is 10.2. The van der Waals surface area contributed by atoms with Crippen LogP contribution in [0.1, 0.15) is 49.9 Å². The maximum Gasteiger partial charge on any atom is 0.243 e. The summed E-state index contributed by atoms with van der Waals surface area (Å²) in [6, 6.07) is 3.74. The number of piperazine rings is 1. The molecule has 0 spiro atoms. The molecular formula is C17H26N4O3. The molecule has 3 heterocycles. The predicted octanol–water partition coefficient (Wildman–Crippen LogP) is 2.03. The quantitative estimate of drug-likeness (QED) is 0.830. The van der Waals surface area contributed by atoms with Crippen LogP contribution in [0.4, 0.5) is 0 Å². The minimum absolute atomic E-state index is 0.125. The number of aryl methyl sites for hydroxylation is 1. The van der Waals surface area contributed by atoms with E-state index in [4.69, 9.17) is 8.94 Å². The van der Waals surface area contributed by atoms with Gasteiger partial charge in [-0.05, 0) is 25.5 Å². The lowest BCUT2D eigenvalue weighted by Gasteiger charge is -2.37. The molecule has 0 aliphatic carbocycles. The van der Waals surface area contributed by atoms with E-state index in [1.807, 2.05) is 6.07 Å². The third kappa shape index (κ3) is 4.03. The Balaban J connectivity index is 1.49. The molecule has 132 valence electrons. The third-order valence-corrected chi connectivity index (χ3v) is 4.57. The molecule has 3 rings (SSSR count). The number of hydrogen-bond acceptors (Lipinski definition) is 7. The Hall–Kier alpha value is -1.70. The van der Waals surface area contributed by atoms with E-state index in [0.717, 1.165) is 44.8 Å². The lowest BCUT2D eigenvalue weighted by molar-refractivity contribution is 0.0452. The normalized spacial score (nSPS) is 19.5. The standard InChI is InChI=1S/C17H26N4O3/c1-3-5-16-18-17(24-19-16)13(2)21-9-7-20(8-10-21)12-14(22)15-6-4-11-23-15/h4,6,11,13-14,22H,3,5,7-10,12H2,1-2H3/t13-,14+/m1/s1. The monoisotopic (exact) mass is 334 g/mol. The van der Waals surface area contributed by atoms with Crippen LogP contribution in [0.3, 0.4) is 0 Å². The molecule has 7 nitrogen and oxygen atoms in total. The molecule has 1 aliphatic heterocycles. The lowest BCUT2D eigenvalue weighted by atomic mass is 10.2. The van der Waals surface area contributed by atoms with Crippen molar-refractivity contribution in [2.75, 3.05) is 32.7 Å². The summed E-state index contributed by atoms with van der Waals surface area (Å²) >= 11 is 0. The Morgan fingerprint density at radius 1 is 1.29 bits per heavy atom. The number of aliphatic hydroxyl groups is 1. The second-order valence-electron chi connectivity index (χ2n) is 6.34. The molecule has 7 heteroatoms. The molecule has 2 aromatic rings. The average molecular weight is 334 g/mol. The molecule has 2 atom stereocenters. The number of furan rings is 1. The highest BCUT2D eigenvalue weighted by molar-refractivity contribution is 5.02. The smallest absolute Gasteiger partial charge is 0.243 e. The van der Waals surface area contributed by atoms with Gasteiger partial charge < -0.3 is 14.0 Å². The largest absolute Gasteiger partial charge is 0.467 e. The second kappa shape index (κ2) is 7.92. The zero-order chi connectivity index (χ0) is 16.9. The first kappa shape index (κ1) is 17.1. The van der Waals surface area contributed by atoms with Crippen molar-refractivity contribution in [1.29, 1.82) is 0 Å². The number of hydrogen-bond donors (Lipinski definition) is 1. The van der Waals surface area contributed by atoms with Crippen LogP contribution in [0.15, 0.2) is 27.3 Å². The molecule has 0 aromatic carbocycles. The predicted molar refractivity (Wildman–Crippen MR) is 88.4 cm³/mol. The summed E-state index contributed by atoms with van der Waals surface area (Å²) in [7, 11) is 0. The van der Waals surface area contributed by atoms with Crippen LogP contribution in [-0.2, 0) is 6.42 Å². The number of aromatic nitrogens is 2. The van der Waals surface area contributed by atoms with Crippen molar-refractivity contribution in [3.05, 3.63) is 35.9 Å². The molecule has 2 aromatic heterocycles. The fraction of sp³-hybridized carbons (Fsp3) is 0.647. The van der Waals surface area contributed by atoms with Gasteiger partial charge in [0.2, 0.25) is 5.89 Å². The van der Waals surface area contributed by atoms with Crippen molar-refractivity contribution in [3.63, 3.8) is 0 Å². The number of nitrogens with zero attached hydrogens (tertiary/aromatic N) is 4. The number of rotatable bonds is 7. The van der Waals surface area contributed by atoms with Gasteiger partial charge in [-0.25, -0.2) is 0 Å². The Labute approximate surface area is 142 Å². The van der Waals surface area contributed by atoms with Gasteiger partial charge in [-0.2, -0.15) is 4.98 Å². The van der Waals surface area contributed by atoms with Gasteiger partial charge in [-0.3, -0.25) is 9.80 Å². The zero-order valence-corrected chi connectivity index (χ0v) is 14.4. The zero-order valence-electron chi connectivity index (χ0n) is 14.4. The number of aliphatic hydroxyl groups excluding tert-OH is 1. The highest BCUT2D eigenvalue weighted by Crippen LogP contribution is 2.22. The van der Waals surface area contributed by atoms with E-state index in [9.17, 15) is 5.11 Å². The van der Waals surface area contributed by atoms with E-state index in [2.05, 4.69) is 33.8 Å². The van der Waals surface area contributed by atoms with Crippen molar-refractivity contribution in [3.8, 4) is 0 Å². The summed E-state index contributed by atoms with van der Waals surface area (Å²) in [5.74, 6) is 2.11. The van der Waals surface area contributed by atoms with Gasteiger partial charge >= 0.3 is 0 Å². The molecule has 1 N–H and O–H groups in total. The van der Waals surface area contributed by atoms with Crippen LogP contribution in [-0.4, -0.2) is 57.8 Å². The molecule has 0 amide bonds. The summed E-state index contributed by atoms with van der Waals surface area (Å²) in [5.41, 5.74) is 0. The van der Waals surface area contributed by atoms with Crippen molar-refractivity contribution in [1.82, 2.24) is 19.9 Å². The topological polar surface area (TPSA) is 78.8 Å². The van der Waals surface area contributed by atoms with Crippen LogP contribution in [0.25, 0.3) is 0 Å². The summed E-state index contributed by atoms with van der Waals surface area (Å²) in [5, 5.41) is 14.2. The van der Waals surface area contributed by atoms with Crippen molar-refractivity contribution in [2.45, 2.75) is 38.8 Å². The summed E-state index contributed by atoms with van der Waals surface area (Å²) in [6.07, 6.45) is 2.89. The van der Waals surface area contributed by atoms with Crippen molar-refractivity contribution in [2.24, 2.45) is 0 Å². The lowest BCUT2D eigenvalue weighted by Crippen LogP contribution is -2.48. The highest BCUT2D eigenvalue weighted by Gasteiger charge is 2.27. The summed E-state index contributed by atoms with van der Waals surface area (Å²) in [4.78, 5) is 9.09. The van der Waals surface area contributed by atoms with E-state index in [0.29, 0.717) is 18.2 Å². The van der Waals surface area contributed by atoms with Gasteiger partial charge in [0.1, 0.15) is 11.9 Å². The molecule has 0 radical (unpaired) electrons. The Bertz CT molecular complexity index is 605. The Morgan fingerprint density at radius 2 is 2.08 bits per heavy atom. The van der Waals surface area contributed by atoms with E-state index in [-0.39, 0.29) is 6.04 Å². The van der Waals surface area contributed by atoms with Crippen LogP contribution >= 0.6 is 0 Å². The average Bonchev–Trinajstić information content (AvgIpc) is 3.27. The van der Waals surface area contributed by atoms with Gasteiger partial charge in [0.25, 0.3) is 0 Å². The summed E-state index contributed by atoms with van der Waals surface area (Å²) in [6.45, 7) is 8.44. The molecule has 0 saturated carbocycles. The van der Waals surface area contributed by atoms with E-state index in [1.165, 1.54) is 0 Å². The van der Waals surface area contributed by atoms with Gasteiger partial charge in [0.15, 0.2) is 5.82 Å². The van der Waals surface area contributed by atoms with Crippen LogP contribution in [0.5, 0.6) is 0 Å². The molecular weight excluding hydrogens is 308 g/mol. The minimum Gasteiger partial charge on any atom is -0.467 e. The van der Waals surface area contributed by atoms with Crippen molar-refractivity contribution < 1.29 is 14.0 Å². The summed E-state index contributed by atoms with van der Waals surface area (Å²) < 4.78 is 10.7. The molecule has 24 heavy (non-hydrogen) atoms. The first-order valence-corrected chi connectivity index (χ1v) is 8.67. The molecule has 1 saturated heterocycles. The third-order valence-electron chi connectivity index (χ3n) is 4.57. The molecule has 1 fully saturated rings. The van der Waals surface area contributed by atoms with Crippen LogP contribution in [0, 0.1) is 0 Å². The Morgan fingerprint density at radius 3 is 2.75 bits per heavy atom. The van der Waals surface area contributed by atoms with Crippen LogP contribution in [0.2, 0.25) is 0 Å². The number of β-amino-alcohol motifs (C(OH)–C–C–N with tert-alkyl or cyclic N) is 1. The van der Waals surface area contributed by atoms with Gasteiger partial charge in [-0.15, -0.1) is 0 Å². The van der Waals surface area contributed by atoms with Gasteiger partial charge in [-0.1, -0.05) is 12.1 Å². The Kier molecular flexibility index (Phi) is 5.65. The fourth-order valence-corrected chi connectivity index (χ4v) is 3.07. The van der Waals surface area contributed by atoms with Crippen molar-refractivity contribution >= 4 is 0 Å². The van der Waals surface area contributed by atoms with E-state index < -0.39 is 6.10 Å².